The molecule has 64 valence electrons. The Bertz CT molecular complexity index is 116. The van der Waals surface area contributed by atoms with Crippen LogP contribution in [0.25, 0.3) is 0 Å². The van der Waals surface area contributed by atoms with Crippen molar-refractivity contribution in [1.82, 2.24) is 5.32 Å². The second-order valence-electron chi connectivity index (χ2n) is 3.53. The maximum atomic E-state index is 5.62. The van der Waals surface area contributed by atoms with Crippen molar-refractivity contribution < 1.29 is 0 Å². The minimum Gasteiger partial charge on any atom is -0.313 e. The molecule has 0 aromatic rings. The standard InChI is InChI=1S/C9H17NS/c1-3-9-8(6-11)4-7(2)5-10-9/h1,7-11H,3-6H2,2H3. The van der Waals surface area contributed by atoms with Crippen LogP contribution >= 0.6 is 12.6 Å². The normalized spacial score (nSPS) is 39.0. The summed E-state index contributed by atoms with van der Waals surface area (Å²) in [6.45, 7) is 9.01. The summed E-state index contributed by atoms with van der Waals surface area (Å²) in [6, 6.07) is 0.503. The van der Waals surface area contributed by atoms with Gasteiger partial charge in [0.25, 0.3) is 0 Å². The minimum atomic E-state index is 0.503. The molecule has 0 aliphatic carbocycles. The second kappa shape index (κ2) is 4.36. The van der Waals surface area contributed by atoms with Gasteiger partial charge in [-0.3, -0.25) is 0 Å². The molecule has 1 saturated heterocycles. The van der Waals surface area contributed by atoms with Gasteiger partial charge in [0.2, 0.25) is 0 Å². The van der Waals surface area contributed by atoms with Crippen LogP contribution in [0, 0.1) is 18.8 Å². The summed E-state index contributed by atoms with van der Waals surface area (Å²) in [7, 11) is 0. The lowest BCUT2D eigenvalue weighted by Gasteiger charge is -2.34. The molecular weight excluding hydrogens is 154 g/mol. The molecule has 0 amide bonds. The third kappa shape index (κ3) is 2.38. The molecule has 3 atom stereocenters. The van der Waals surface area contributed by atoms with Crippen LogP contribution in [0.15, 0.2) is 0 Å². The fourth-order valence-corrected chi connectivity index (χ4v) is 2.16. The Morgan fingerprint density at radius 3 is 2.91 bits per heavy atom. The quantitative estimate of drug-likeness (QED) is 0.602. The molecule has 0 aromatic carbocycles. The molecule has 1 nitrogen and oxygen atoms in total. The number of rotatable bonds is 2. The first kappa shape index (κ1) is 9.40. The van der Waals surface area contributed by atoms with Crippen LogP contribution in [0.2, 0.25) is 0 Å². The van der Waals surface area contributed by atoms with Crippen molar-refractivity contribution in [2.24, 2.45) is 11.8 Å². The van der Waals surface area contributed by atoms with E-state index in [1.807, 2.05) is 0 Å². The van der Waals surface area contributed by atoms with Crippen molar-refractivity contribution in [3.8, 4) is 0 Å². The smallest absolute Gasteiger partial charge is 0.0106 e. The molecule has 0 aromatic heterocycles. The van der Waals surface area contributed by atoms with Crippen molar-refractivity contribution in [2.75, 3.05) is 12.3 Å². The van der Waals surface area contributed by atoms with Gasteiger partial charge in [-0.05, 0) is 43.9 Å². The van der Waals surface area contributed by atoms with Gasteiger partial charge in [-0.2, -0.15) is 12.6 Å². The minimum absolute atomic E-state index is 0.503. The summed E-state index contributed by atoms with van der Waals surface area (Å²) in [5, 5.41) is 3.45. The monoisotopic (exact) mass is 171 g/mol. The average molecular weight is 171 g/mol. The Kier molecular flexibility index (Phi) is 3.73. The van der Waals surface area contributed by atoms with E-state index >= 15 is 0 Å². The molecular formula is C9H17NS. The lowest BCUT2D eigenvalue weighted by molar-refractivity contribution is 0.248. The topological polar surface area (TPSA) is 12.0 Å². The van der Waals surface area contributed by atoms with Gasteiger partial charge in [0.05, 0.1) is 0 Å². The Balaban J connectivity index is 2.41. The van der Waals surface area contributed by atoms with Crippen LogP contribution in [-0.4, -0.2) is 18.3 Å². The van der Waals surface area contributed by atoms with Crippen molar-refractivity contribution in [3.63, 3.8) is 0 Å². The van der Waals surface area contributed by atoms with Crippen molar-refractivity contribution in [3.05, 3.63) is 6.92 Å². The summed E-state index contributed by atoms with van der Waals surface area (Å²) < 4.78 is 0. The largest absolute Gasteiger partial charge is 0.313 e. The molecule has 1 N–H and O–H groups in total. The molecule has 1 fully saturated rings. The third-order valence-electron chi connectivity index (χ3n) is 2.49. The van der Waals surface area contributed by atoms with Gasteiger partial charge in [0.15, 0.2) is 0 Å². The highest BCUT2D eigenvalue weighted by Gasteiger charge is 2.25. The third-order valence-corrected chi connectivity index (χ3v) is 2.96. The van der Waals surface area contributed by atoms with Crippen LogP contribution in [0.4, 0.5) is 0 Å². The van der Waals surface area contributed by atoms with E-state index in [9.17, 15) is 0 Å². The second-order valence-corrected chi connectivity index (χ2v) is 3.90. The van der Waals surface area contributed by atoms with Crippen LogP contribution in [0.3, 0.4) is 0 Å². The molecule has 1 aliphatic rings. The molecule has 3 unspecified atom stereocenters. The molecule has 2 radical (unpaired) electrons. The average Bonchev–Trinajstić information content (AvgIpc) is 2.04. The number of piperidine rings is 1. The fraction of sp³-hybridized carbons (Fsp3) is 0.889. The zero-order valence-corrected chi connectivity index (χ0v) is 7.98. The number of nitrogens with one attached hydrogen (secondary N) is 1. The van der Waals surface area contributed by atoms with Crippen molar-refractivity contribution >= 4 is 12.6 Å². The van der Waals surface area contributed by atoms with Gasteiger partial charge >= 0.3 is 0 Å². The van der Waals surface area contributed by atoms with Gasteiger partial charge in [-0.1, -0.05) is 6.92 Å². The van der Waals surface area contributed by atoms with Crippen molar-refractivity contribution in [1.29, 1.82) is 0 Å². The van der Waals surface area contributed by atoms with E-state index in [4.69, 9.17) is 6.92 Å². The highest BCUT2D eigenvalue weighted by molar-refractivity contribution is 7.80. The lowest BCUT2D eigenvalue weighted by atomic mass is 9.85. The maximum absolute atomic E-state index is 5.62. The lowest BCUT2D eigenvalue weighted by Crippen LogP contribution is -2.45. The number of thiol groups is 1. The highest BCUT2D eigenvalue weighted by Crippen LogP contribution is 2.23. The fourth-order valence-electron chi connectivity index (χ4n) is 1.76. The number of hydrogen-bond donors (Lipinski definition) is 2. The van der Waals surface area contributed by atoms with Gasteiger partial charge in [0.1, 0.15) is 0 Å². The van der Waals surface area contributed by atoms with Crippen LogP contribution in [-0.2, 0) is 0 Å². The van der Waals surface area contributed by atoms with Gasteiger partial charge in [-0.15, -0.1) is 0 Å². The molecule has 11 heavy (non-hydrogen) atoms. The van der Waals surface area contributed by atoms with Crippen molar-refractivity contribution in [2.45, 2.75) is 25.8 Å². The van der Waals surface area contributed by atoms with Crippen LogP contribution in [0.1, 0.15) is 19.8 Å². The van der Waals surface area contributed by atoms with E-state index in [-0.39, 0.29) is 0 Å². The Labute approximate surface area is 75.4 Å². The Morgan fingerprint density at radius 1 is 1.64 bits per heavy atom. The highest BCUT2D eigenvalue weighted by atomic mass is 32.1. The van der Waals surface area contributed by atoms with E-state index < -0.39 is 0 Å². The molecule has 0 saturated carbocycles. The zero-order valence-electron chi connectivity index (χ0n) is 7.09. The summed E-state index contributed by atoms with van der Waals surface area (Å²) >= 11 is 4.32. The predicted molar refractivity (Wildman–Crippen MR) is 51.8 cm³/mol. The van der Waals surface area contributed by atoms with E-state index in [2.05, 4.69) is 24.9 Å². The first-order valence-corrected chi connectivity index (χ1v) is 4.95. The summed E-state index contributed by atoms with van der Waals surface area (Å²) in [5.74, 6) is 2.42. The summed E-state index contributed by atoms with van der Waals surface area (Å²) in [6.07, 6.45) is 2.02. The first-order valence-electron chi connectivity index (χ1n) is 4.32. The first-order chi connectivity index (χ1) is 5.27. The molecule has 0 bridgehead atoms. The molecule has 1 rings (SSSR count). The molecule has 1 aliphatic heterocycles. The van der Waals surface area contributed by atoms with Crippen LogP contribution in [0.5, 0.6) is 0 Å². The molecule has 2 heteroatoms. The maximum Gasteiger partial charge on any atom is 0.0106 e. The van der Waals surface area contributed by atoms with E-state index in [0.717, 1.165) is 24.6 Å². The number of hydrogen-bond acceptors (Lipinski definition) is 2. The molecule has 1 heterocycles. The SMILES string of the molecule is [CH]CC1NCC(C)CC1CS. The molecule has 0 spiro atoms. The Hall–Kier alpha value is 0.310. The van der Waals surface area contributed by atoms with E-state index in [1.165, 1.54) is 6.42 Å². The van der Waals surface area contributed by atoms with E-state index in [0.29, 0.717) is 12.0 Å². The summed E-state index contributed by atoms with van der Waals surface area (Å²) in [4.78, 5) is 0. The van der Waals surface area contributed by atoms with Gasteiger partial charge in [0, 0.05) is 6.04 Å². The van der Waals surface area contributed by atoms with Crippen LogP contribution < -0.4 is 5.32 Å². The van der Waals surface area contributed by atoms with Gasteiger partial charge in [-0.25, -0.2) is 0 Å². The Morgan fingerprint density at radius 2 is 2.36 bits per heavy atom. The van der Waals surface area contributed by atoms with E-state index in [1.54, 1.807) is 0 Å². The predicted octanol–water partition coefficient (Wildman–Crippen LogP) is 1.63. The zero-order chi connectivity index (χ0) is 8.27. The summed E-state index contributed by atoms with van der Waals surface area (Å²) in [5.41, 5.74) is 0. The van der Waals surface area contributed by atoms with Gasteiger partial charge < -0.3 is 5.32 Å².